The molecule has 0 aromatic heterocycles. The smallest absolute Gasteiger partial charge is 0.125 e. The van der Waals surface area contributed by atoms with Crippen molar-refractivity contribution in [3.8, 4) is 5.75 Å². The topological polar surface area (TPSA) is 38.7 Å². The van der Waals surface area contributed by atoms with Crippen molar-refractivity contribution >= 4 is 0 Å². The molecule has 1 aliphatic rings. The zero-order valence-corrected chi connectivity index (χ0v) is 9.56. The van der Waals surface area contributed by atoms with E-state index in [1.807, 2.05) is 31.2 Å². The van der Waals surface area contributed by atoms with Crippen LogP contribution in [0.3, 0.4) is 0 Å². The van der Waals surface area contributed by atoms with Crippen molar-refractivity contribution in [2.45, 2.75) is 32.0 Å². The fourth-order valence-corrected chi connectivity index (χ4v) is 1.87. The highest BCUT2D eigenvalue weighted by Gasteiger charge is 2.19. The Morgan fingerprint density at radius 2 is 2.31 bits per heavy atom. The van der Waals surface area contributed by atoms with Gasteiger partial charge in [-0.15, -0.1) is 0 Å². The van der Waals surface area contributed by atoms with Crippen LogP contribution >= 0.6 is 0 Å². The Morgan fingerprint density at radius 1 is 1.50 bits per heavy atom. The second-order valence-corrected chi connectivity index (χ2v) is 4.07. The Kier molecular flexibility index (Phi) is 3.80. The van der Waals surface area contributed by atoms with E-state index in [1.54, 1.807) is 0 Å². The van der Waals surface area contributed by atoms with Gasteiger partial charge >= 0.3 is 0 Å². The fourth-order valence-electron chi connectivity index (χ4n) is 1.87. The lowest BCUT2D eigenvalue weighted by Crippen LogP contribution is -2.17. The standard InChI is InChI=1S/C13H18O3/c1-2-12(14)11-5-3-4-6-13(11)16-10-7-8-15-9-10/h3-6,10,12,14H,2,7-9H2,1H3/t10?,12-/m1/s1. The van der Waals surface area contributed by atoms with Crippen LogP contribution in [0.2, 0.25) is 0 Å². The summed E-state index contributed by atoms with van der Waals surface area (Å²) in [6.45, 7) is 3.37. The average molecular weight is 222 g/mol. The largest absolute Gasteiger partial charge is 0.488 e. The van der Waals surface area contributed by atoms with Gasteiger partial charge < -0.3 is 14.6 Å². The number of hydrogen-bond donors (Lipinski definition) is 1. The van der Waals surface area contributed by atoms with E-state index in [0.29, 0.717) is 13.0 Å². The van der Waals surface area contributed by atoms with Gasteiger partial charge in [-0.25, -0.2) is 0 Å². The molecule has 0 aliphatic carbocycles. The zero-order chi connectivity index (χ0) is 11.4. The van der Waals surface area contributed by atoms with Gasteiger partial charge in [-0.2, -0.15) is 0 Å². The SMILES string of the molecule is CC[C@@H](O)c1ccccc1OC1CCOC1. The maximum Gasteiger partial charge on any atom is 0.125 e. The normalized spacial score (nSPS) is 22.0. The van der Waals surface area contributed by atoms with Gasteiger partial charge in [0.2, 0.25) is 0 Å². The minimum absolute atomic E-state index is 0.130. The highest BCUT2D eigenvalue weighted by Crippen LogP contribution is 2.28. The molecule has 0 bridgehead atoms. The molecule has 16 heavy (non-hydrogen) atoms. The monoisotopic (exact) mass is 222 g/mol. The van der Waals surface area contributed by atoms with E-state index in [1.165, 1.54) is 0 Å². The van der Waals surface area contributed by atoms with E-state index in [0.717, 1.165) is 24.3 Å². The summed E-state index contributed by atoms with van der Waals surface area (Å²) < 4.78 is 11.1. The molecule has 1 aliphatic heterocycles. The predicted molar refractivity (Wildman–Crippen MR) is 61.5 cm³/mol. The van der Waals surface area contributed by atoms with Crippen LogP contribution in [-0.2, 0) is 4.74 Å². The molecule has 1 heterocycles. The molecule has 0 radical (unpaired) electrons. The van der Waals surface area contributed by atoms with E-state index in [9.17, 15) is 5.11 Å². The van der Waals surface area contributed by atoms with Crippen LogP contribution in [0.25, 0.3) is 0 Å². The molecule has 3 nitrogen and oxygen atoms in total. The molecule has 1 unspecified atom stereocenters. The van der Waals surface area contributed by atoms with Crippen LogP contribution in [0.5, 0.6) is 5.75 Å². The summed E-state index contributed by atoms with van der Waals surface area (Å²) in [7, 11) is 0. The molecule has 1 fully saturated rings. The highest BCUT2D eigenvalue weighted by molar-refractivity contribution is 5.35. The molecule has 1 aromatic rings. The molecule has 0 amide bonds. The molecule has 2 rings (SSSR count). The van der Waals surface area contributed by atoms with Crippen molar-refractivity contribution in [2.24, 2.45) is 0 Å². The number of ether oxygens (including phenoxy) is 2. The Morgan fingerprint density at radius 3 is 3.00 bits per heavy atom. The predicted octanol–water partition coefficient (Wildman–Crippen LogP) is 2.30. The number of aliphatic hydroxyl groups is 1. The summed E-state index contributed by atoms with van der Waals surface area (Å²) in [5, 5.41) is 9.87. The third-order valence-corrected chi connectivity index (χ3v) is 2.85. The van der Waals surface area contributed by atoms with Gasteiger partial charge in [0.25, 0.3) is 0 Å². The average Bonchev–Trinajstić information content (AvgIpc) is 2.82. The first-order valence-corrected chi connectivity index (χ1v) is 5.82. The molecule has 0 saturated carbocycles. The molecule has 1 saturated heterocycles. The van der Waals surface area contributed by atoms with Crippen molar-refractivity contribution < 1.29 is 14.6 Å². The van der Waals surface area contributed by atoms with Gasteiger partial charge in [0.05, 0.1) is 19.3 Å². The van der Waals surface area contributed by atoms with E-state index < -0.39 is 6.10 Å². The van der Waals surface area contributed by atoms with Crippen LogP contribution in [0, 0.1) is 0 Å². The summed E-state index contributed by atoms with van der Waals surface area (Å²) in [4.78, 5) is 0. The maximum absolute atomic E-state index is 9.87. The minimum atomic E-state index is -0.446. The van der Waals surface area contributed by atoms with Crippen LogP contribution < -0.4 is 4.74 Å². The number of benzene rings is 1. The molecule has 1 aromatic carbocycles. The number of rotatable bonds is 4. The van der Waals surface area contributed by atoms with E-state index in [-0.39, 0.29) is 6.10 Å². The summed E-state index contributed by atoms with van der Waals surface area (Å²) in [6.07, 6.45) is 1.31. The third kappa shape index (κ3) is 2.54. The first-order valence-electron chi connectivity index (χ1n) is 5.82. The molecule has 1 N–H and O–H groups in total. The fraction of sp³-hybridized carbons (Fsp3) is 0.538. The first-order chi connectivity index (χ1) is 7.81. The second-order valence-electron chi connectivity index (χ2n) is 4.07. The molecule has 88 valence electrons. The summed E-state index contributed by atoms with van der Waals surface area (Å²) in [6, 6.07) is 7.68. The summed E-state index contributed by atoms with van der Waals surface area (Å²) in [5.41, 5.74) is 0.872. The van der Waals surface area contributed by atoms with E-state index >= 15 is 0 Å². The van der Waals surface area contributed by atoms with Crippen LogP contribution in [0.4, 0.5) is 0 Å². The lowest BCUT2D eigenvalue weighted by Gasteiger charge is -2.17. The molecular formula is C13H18O3. The summed E-state index contributed by atoms with van der Waals surface area (Å²) >= 11 is 0. The highest BCUT2D eigenvalue weighted by atomic mass is 16.5. The van der Waals surface area contributed by atoms with E-state index in [2.05, 4.69) is 0 Å². The Hall–Kier alpha value is -1.06. The number of aliphatic hydroxyl groups excluding tert-OH is 1. The van der Waals surface area contributed by atoms with Crippen LogP contribution in [-0.4, -0.2) is 24.4 Å². The Balaban J connectivity index is 2.12. The van der Waals surface area contributed by atoms with Gasteiger partial charge in [-0.3, -0.25) is 0 Å². The molecule has 3 heteroatoms. The Labute approximate surface area is 96.0 Å². The van der Waals surface area contributed by atoms with Crippen molar-refractivity contribution in [2.75, 3.05) is 13.2 Å². The van der Waals surface area contributed by atoms with Gasteiger partial charge in [0.1, 0.15) is 11.9 Å². The van der Waals surface area contributed by atoms with Crippen molar-refractivity contribution in [3.05, 3.63) is 29.8 Å². The lowest BCUT2D eigenvalue weighted by molar-refractivity contribution is 0.131. The van der Waals surface area contributed by atoms with Gasteiger partial charge in [0, 0.05) is 12.0 Å². The second kappa shape index (κ2) is 5.32. The quantitative estimate of drug-likeness (QED) is 0.849. The van der Waals surface area contributed by atoms with Crippen molar-refractivity contribution in [1.82, 2.24) is 0 Å². The molecule has 0 spiro atoms. The van der Waals surface area contributed by atoms with E-state index in [4.69, 9.17) is 9.47 Å². The van der Waals surface area contributed by atoms with Crippen LogP contribution in [0.1, 0.15) is 31.4 Å². The number of hydrogen-bond acceptors (Lipinski definition) is 3. The van der Waals surface area contributed by atoms with Gasteiger partial charge in [-0.05, 0) is 12.5 Å². The molecule has 2 atom stereocenters. The van der Waals surface area contributed by atoms with Gasteiger partial charge in [-0.1, -0.05) is 25.1 Å². The zero-order valence-electron chi connectivity index (χ0n) is 9.56. The number of para-hydroxylation sites is 1. The maximum atomic E-state index is 9.87. The van der Waals surface area contributed by atoms with Crippen LogP contribution in [0.15, 0.2) is 24.3 Å². The first kappa shape index (κ1) is 11.4. The molecular weight excluding hydrogens is 204 g/mol. The lowest BCUT2D eigenvalue weighted by atomic mass is 10.1. The third-order valence-electron chi connectivity index (χ3n) is 2.85. The minimum Gasteiger partial charge on any atom is -0.488 e. The Bertz CT molecular complexity index is 332. The van der Waals surface area contributed by atoms with Crippen molar-refractivity contribution in [1.29, 1.82) is 0 Å². The van der Waals surface area contributed by atoms with Gasteiger partial charge in [0.15, 0.2) is 0 Å². The van der Waals surface area contributed by atoms with Crippen molar-refractivity contribution in [3.63, 3.8) is 0 Å². The summed E-state index contributed by atoms with van der Waals surface area (Å²) in [5.74, 6) is 0.785.